The Labute approximate surface area is 108 Å². The number of rotatable bonds is 5. The van der Waals surface area contributed by atoms with Crippen LogP contribution in [0.5, 0.6) is 0 Å². The Morgan fingerprint density at radius 3 is 2.58 bits per heavy atom. The number of hydrogen-bond donors (Lipinski definition) is 3. The SMILES string of the molecule is NCCC(O)C(=O)NCc1ccccc1C(F)(F)F. The van der Waals surface area contributed by atoms with Gasteiger partial charge < -0.3 is 16.2 Å². The average Bonchev–Trinajstić information content (AvgIpc) is 2.35. The summed E-state index contributed by atoms with van der Waals surface area (Å²) >= 11 is 0. The Morgan fingerprint density at radius 1 is 1.37 bits per heavy atom. The molecule has 0 aliphatic heterocycles. The molecule has 1 atom stereocenters. The van der Waals surface area contributed by atoms with Gasteiger partial charge in [0.2, 0.25) is 5.91 Å². The molecule has 1 unspecified atom stereocenters. The largest absolute Gasteiger partial charge is 0.416 e. The van der Waals surface area contributed by atoms with Crippen molar-refractivity contribution in [3.05, 3.63) is 35.4 Å². The first-order chi connectivity index (χ1) is 8.86. The van der Waals surface area contributed by atoms with E-state index in [9.17, 15) is 23.1 Å². The minimum absolute atomic E-state index is 0.0525. The van der Waals surface area contributed by atoms with Crippen LogP contribution in [0, 0.1) is 0 Å². The molecular weight excluding hydrogens is 261 g/mol. The number of aliphatic hydroxyl groups is 1. The summed E-state index contributed by atoms with van der Waals surface area (Å²) in [5, 5.41) is 11.6. The average molecular weight is 276 g/mol. The Hall–Kier alpha value is -1.60. The molecule has 0 radical (unpaired) electrons. The van der Waals surface area contributed by atoms with Crippen LogP contribution in [0.4, 0.5) is 13.2 Å². The molecule has 1 aromatic rings. The van der Waals surface area contributed by atoms with Gasteiger partial charge in [-0.25, -0.2) is 0 Å². The van der Waals surface area contributed by atoms with Crippen LogP contribution in [-0.2, 0) is 17.5 Å². The zero-order valence-electron chi connectivity index (χ0n) is 10.1. The lowest BCUT2D eigenvalue weighted by atomic mass is 10.1. The molecule has 106 valence electrons. The van der Waals surface area contributed by atoms with Crippen LogP contribution in [0.1, 0.15) is 17.5 Å². The van der Waals surface area contributed by atoms with Crippen molar-refractivity contribution in [1.29, 1.82) is 0 Å². The Morgan fingerprint density at radius 2 is 2.00 bits per heavy atom. The molecule has 0 bridgehead atoms. The third-order valence-electron chi connectivity index (χ3n) is 2.52. The van der Waals surface area contributed by atoms with Crippen molar-refractivity contribution in [3.63, 3.8) is 0 Å². The third kappa shape index (κ3) is 4.53. The number of hydrogen-bond acceptors (Lipinski definition) is 3. The van der Waals surface area contributed by atoms with Crippen molar-refractivity contribution >= 4 is 5.91 Å². The summed E-state index contributed by atoms with van der Waals surface area (Å²) in [4.78, 5) is 11.4. The fraction of sp³-hybridized carbons (Fsp3) is 0.417. The number of alkyl halides is 3. The minimum atomic E-state index is -4.48. The van der Waals surface area contributed by atoms with E-state index in [1.54, 1.807) is 0 Å². The summed E-state index contributed by atoms with van der Waals surface area (Å²) in [6, 6.07) is 4.95. The smallest absolute Gasteiger partial charge is 0.383 e. The molecule has 0 aliphatic carbocycles. The summed E-state index contributed by atoms with van der Waals surface area (Å²) in [6.07, 6.45) is -5.72. The van der Waals surface area contributed by atoms with Gasteiger partial charge in [-0.15, -0.1) is 0 Å². The van der Waals surface area contributed by atoms with Crippen LogP contribution < -0.4 is 11.1 Å². The Bertz CT molecular complexity index is 435. The summed E-state index contributed by atoms with van der Waals surface area (Å²) in [5.74, 6) is -0.734. The van der Waals surface area contributed by atoms with Crippen LogP contribution in [0.2, 0.25) is 0 Å². The molecule has 1 amide bonds. The number of carbonyl (C=O) groups is 1. The van der Waals surface area contributed by atoms with Gasteiger partial charge in [0, 0.05) is 6.54 Å². The van der Waals surface area contributed by atoms with E-state index in [0.717, 1.165) is 6.07 Å². The highest BCUT2D eigenvalue weighted by molar-refractivity contribution is 5.80. The topological polar surface area (TPSA) is 75.3 Å². The predicted octanol–water partition coefficient (Wildman–Crippen LogP) is 1.03. The second kappa shape index (κ2) is 6.53. The molecule has 0 fully saturated rings. The molecule has 19 heavy (non-hydrogen) atoms. The fourth-order valence-corrected chi connectivity index (χ4v) is 1.54. The molecule has 0 aromatic heterocycles. The van der Waals surface area contributed by atoms with E-state index >= 15 is 0 Å². The first-order valence-electron chi connectivity index (χ1n) is 5.67. The van der Waals surface area contributed by atoms with E-state index in [1.807, 2.05) is 0 Å². The van der Waals surface area contributed by atoms with Crippen LogP contribution >= 0.6 is 0 Å². The number of carbonyl (C=O) groups excluding carboxylic acids is 1. The number of nitrogens with one attached hydrogen (secondary N) is 1. The molecule has 7 heteroatoms. The zero-order chi connectivity index (χ0) is 14.5. The van der Waals surface area contributed by atoms with E-state index in [-0.39, 0.29) is 25.1 Å². The quantitative estimate of drug-likeness (QED) is 0.752. The minimum Gasteiger partial charge on any atom is -0.383 e. The fourth-order valence-electron chi connectivity index (χ4n) is 1.54. The highest BCUT2D eigenvalue weighted by Crippen LogP contribution is 2.31. The summed E-state index contributed by atoms with van der Waals surface area (Å²) < 4.78 is 38.0. The van der Waals surface area contributed by atoms with Crippen LogP contribution in [-0.4, -0.2) is 23.7 Å². The molecule has 1 aromatic carbocycles. The van der Waals surface area contributed by atoms with Gasteiger partial charge in [0.15, 0.2) is 0 Å². The number of aliphatic hydroxyl groups excluding tert-OH is 1. The van der Waals surface area contributed by atoms with Crippen molar-refractivity contribution in [2.75, 3.05) is 6.54 Å². The normalized spacial score (nSPS) is 13.1. The number of nitrogens with two attached hydrogens (primary N) is 1. The van der Waals surface area contributed by atoms with Gasteiger partial charge >= 0.3 is 6.18 Å². The van der Waals surface area contributed by atoms with E-state index in [0.29, 0.717) is 0 Å². The van der Waals surface area contributed by atoms with Crippen molar-refractivity contribution in [2.45, 2.75) is 25.2 Å². The molecule has 4 N–H and O–H groups in total. The highest BCUT2D eigenvalue weighted by atomic mass is 19.4. The molecule has 0 saturated heterocycles. The lowest BCUT2D eigenvalue weighted by Crippen LogP contribution is -2.35. The first-order valence-corrected chi connectivity index (χ1v) is 5.67. The maximum Gasteiger partial charge on any atom is 0.416 e. The number of halogens is 3. The lowest BCUT2D eigenvalue weighted by Gasteiger charge is -2.14. The standard InChI is InChI=1S/C12H15F3N2O2/c13-12(14,15)9-4-2-1-3-8(9)7-17-11(19)10(18)5-6-16/h1-4,10,18H,5-7,16H2,(H,17,19). The third-order valence-corrected chi connectivity index (χ3v) is 2.52. The van der Waals surface area contributed by atoms with Gasteiger partial charge in [0.05, 0.1) is 5.56 Å². The molecule has 1 rings (SSSR count). The molecule has 0 saturated carbocycles. The van der Waals surface area contributed by atoms with E-state index in [4.69, 9.17) is 5.73 Å². The summed E-state index contributed by atoms with van der Waals surface area (Å²) in [6.45, 7) is -0.177. The molecule has 4 nitrogen and oxygen atoms in total. The molecular formula is C12H15F3N2O2. The molecule has 0 aliphatic rings. The van der Waals surface area contributed by atoms with Crippen molar-refractivity contribution in [1.82, 2.24) is 5.32 Å². The summed E-state index contributed by atoms with van der Waals surface area (Å²) in [7, 11) is 0. The second-order valence-electron chi connectivity index (χ2n) is 3.97. The summed E-state index contributed by atoms with van der Waals surface area (Å²) in [5.41, 5.74) is 4.31. The maximum absolute atomic E-state index is 12.7. The number of amides is 1. The van der Waals surface area contributed by atoms with Gasteiger partial charge in [0.25, 0.3) is 0 Å². The van der Waals surface area contributed by atoms with Gasteiger partial charge in [-0.3, -0.25) is 4.79 Å². The van der Waals surface area contributed by atoms with Crippen molar-refractivity contribution in [3.8, 4) is 0 Å². The van der Waals surface area contributed by atoms with Crippen LogP contribution in [0.15, 0.2) is 24.3 Å². The highest BCUT2D eigenvalue weighted by Gasteiger charge is 2.32. The van der Waals surface area contributed by atoms with Gasteiger partial charge in [-0.1, -0.05) is 18.2 Å². The monoisotopic (exact) mass is 276 g/mol. The second-order valence-corrected chi connectivity index (χ2v) is 3.97. The Balaban J connectivity index is 2.71. The van der Waals surface area contributed by atoms with Gasteiger partial charge in [0.1, 0.15) is 6.10 Å². The van der Waals surface area contributed by atoms with Crippen LogP contribution in [0.3, 0.4) is 0 Å². The van der Waals surface area contributed by atoms with Gasteiger partial charge in [-0.2, -0.15) is 13.2 Å². The molecule has 0 spiro atoms. The van der Waals surface area contributed by atoms with Crippen molar-refractivity contribution < 1.29 is 23.1 Å². The van der Waals surface area contributed by atoms with Gasteiger partial charge in [-0.05, 0) is 24.6 Å². The van der Waals surface area contributed by atoms with E-state index < -0.39 is 23.8 Å². The lowest BCUT2D eigenvalue weighted by molar-refractivity contribution is -0.138. The zero-order valence-corrected chi connectivity index (χ0v) is 10.1. The van der Waals surface area contributed by atoms with E-state index in [2.05, 4.69) is 5.32 Å². The predicted molar refractivity (Wildman–Crippen MR) is 63.0 cm³/mol. The Kier molecular flexibility index (Phi) is 5.31. The van der Waals surface area contributed by atoms with E-state index in [1.165, 1.54) is 18.2 Å². The number of benzene rings is 1. The molecule has 0 heterocycles. The van der Waals surface area contributed by atoms with Crippen LogP contribution in [0.25, 0.3) is 0 Å². The van der Waals surface area contributed by atoms with Crippen molar-refractivity contribution in [2.24, 2.45) is 5.73 Å². The first kappa shape index (κ1) is 15.5. The maximum atomic E-state index is 12.7.